The minimum Gasteiger partial charge on any atom is -0.481 e. The van der Waals surface area contributed by atoms with E-state index in [4.69, 9.17) is 5.11 Å². The quantitative estimate of drug-likeness (QED) is 0.887. The number of rotatable bonds is 4. The molecule has 2 rings (SSSR count). The molecule has 0 atom stereocenters. The van der Waals surface area contributed by atoms with E-state index < -0.39 is 5.97 Å². The van der Waals surface area contributed by atoms with Gasteiger partial charge in [0.2, 0.25) is 5.91 Å². The number of anilines is 1. The summed E-state index contributed by atoms with van der Waals surface area (Å²) in [4.78, 5) is 37.0. The minimum atomic E-state index is -0.778. The summed E-state index contributed by atoms with van der Waals surface area (Å²) in [6.07, 6.45) is 2.23. The lowest BCUT2D eigenvalue weighted by molar-refractivity contribution is -0.143. The fourth-order valence-electron chi connectivity index (χ4n) is 2.99. The van der Waals surface area contributed by atoms with E-state index in [9.17, 15) is 14.4 Å². The van der Waals surface area contributed by atoms with Gasteiger partial charge in [-0.2, -0.15) is 0 Å². The molecule has 0 bridgehead atoms. The predicted octanol–water partition coefficient (Wildman–Crippen LogP) is 2.53. The summed E-state index contributed by atoms with van der Waals surface area (Å²) in [5.74, 6) is -1.51. The second kappa shape index (κ2) is 7.47. The van der Waals surface area contributed by atoms with Crippen molar-refractivity contribution in [3.05, 3.63) is 29.3 Å². The molecule has 0 aromatic heterocycles. The van der Waals surface area contributed by atoms with Gasteiger partial charge in [-0.3, -0.25) is 14.4 Å². The SMILES string of the molecule is Cc1ccc(C(=O)N(C)C)cc1NC(=O)C1CCC(C(=O)O)CC1. The summed E-state index contributed by atoms with van der Waals surface area (Å²) in [6, 6.07) is 5.25. The summed E-state index contributed by atoms with van der Waals surface area (Å²) >= 11 is 0. The van der Waals surface area contributed by atoms with Gasteiger partial charge in [0.05, 0.1) is 5.92 Å². The van der Waals surface area contributed by atoms with Crippen LogP contribution in [0.2, 0.25) is 0 Å². The number of carboxylic acid groups (broad SMARTS) is 1. The number of benzene rings is 1. The van der Waals surface area contributed by atoms with E-state index in [0.717, 1.165) is 5.56 Å². The number of carbonyl (C=O) groups is 3. The Morgan fingerprint density at radius 2 is 1.67 bits per heavy atom. The maximum atomic E-state index is 12.5. The molecule has 1 aromatic rings. The maximum Gasteiger partial charge on any atom is 0.306 e. The number of aliphatic carboxylic acids is 1. The van der Waals surface area contributed by atoms with Gasteiger partial charge in [0.25, 0.3) is 5.91 Å². The van der Waals surface area contributed by atoms with Crippen LogP contribution in [-0.2, 0) is 9.59 Å². The van der Waals surface area contributed by atoms with Crippen molar-refractivity contribution in [2.24, 2.45) is 11.8 Å². The van der Waals surface area contributed by atoms with Gasteiger partial charge < -0.3 is 15.3 Å². The monoisotopic (exact) mass is 332 g/mol. The molecule has 1 saturated carbocycles. The molecule has 6 heteroatoms. The fraction of sp³-hybridized carbons (Fsp3) is 0.500. The Morgan fingerprint density at radius 3 is 2.21 bits per heavy atom. The lowest BCUT2D eigenvalue weighted by atomic mass is 9.81. The Balaban J connectivity index is 2.05. The number of carboxylic acids is 1. The highest BCUT2D eigenvalue weighted by Crippen LogP contribution is 2.30. The van der Waals surface area contributed by atoms with E-state index >= 15 is 0 Å². The lowest BCUT2D eigenvalue weighted by Gasteiger charge is -2.25. The fourth-order valence-corrected chi connectivity index (χ4v) is 2.99. The molecule has 0 saturated heterocycles. The Kier molecular flexibility index (Phi) is 5.59. The van der Waals surface area contributed by atoms with Crippen LogP contribution in [0.1, 0.15) is 41.6 Å². The Bertz CT molecular complexity index is 646. The molecular weight excluding hydrogens is 308 g/mol. The molecule has 24 heavy (non-hydrogen) atoms. The topological polar surface area (TPSA) is 86.7 Å². The van der Waals surface area contributed by atoms with Crippen molar-refractivity contribution >= 4 is 23.5 Å². The van der Waals surface area contributed by atoms with Crippen LogP contribution < -0.4 is 5.32 Å². The van der Waals surface area contributed by atoms with Gasteiger partial charge in [0, 0.05) is 31.3 Å². The number of nitrogens with one attached hydrogen (secondary N) is 1. The molecule has 1 aromatic carbocycles. The van der Waals surface area contributed by atoms with Crippen LogP contribution in [0.25, 0.3) is 0 Å². The molecule has 0 radical (unpaired) electrons. The number of carbonyl (C=O) groups excluding carboxylic acids is 2. The maximum absolute atomic E-state index is 12.5. The Hall–Kier alpha value is -2.37. The summed E-state index contributed by atoms with van der Waals surface area (Å²) in [7, 11) is 3.36. The normalized spacial score (nSPS) is 20.3. The Morgan fingerprint density at radius 1 is 1.08 bits per heavy atom. The number of hydrogen-bond donors (Lipinski definition) is 2. The second-order valence-corrected chi connectivity index (χ2v) is 6.61. The van der Waals surface area contributed by atoms with Crippen LogP contribution in [0.3, 0.4) is 0 Å². The smallest absolute Gasteiger partial charge is 0.306 e. The zero-order valence-electron chi connectivity index (χ0n) is 14.3. The molecule has 0 aliphatic heterocycles. The zero-order valence-corrected chi connectivity index (χ0v) is 14.3. The number of amides is 2. The van der Waals surface area contributed by atoms with Crippen LogP contribution >= 0.6 is 0 Å². The van der Waals surface area contributed by atoms with Crippen LogP contribution in [0.5, 0.6) is 0 Å². The number of aryl methyl sites for hydroxylation is 1. The predicted molar refractivity (Wildman–Crippen MR) is 90.9 cm³/mol. The highest BCUT2D eigenvalue weighted by atomic mass is 16.4. The highest BCUT2D eigenvalue weighted by molar-refractivity contribution is 5.98. The highest BCUT2D eigenvalue weighted by Gasteiger charge is 2.30. The minimum absolute atomic E-state index is 0.101. The molecule has 0 heterocycles. The molecule has 6 nitrogen and oxygen atoms in total. The van der Waals surface area contributed by atoms with Gasteiger partial charge in [-0.05, 0) is 50.3 Å². The standard InChI is InChI=1S/C18H24N2O4/c1-11-4-5-14(17(22)20(2)3)10-15(11)19-16(21)12-6-8-13(9-7-12)18(23)24/h4-5,10,12-13H,6-9H2,1-3H3,(H,19,21)(H,23,24). The van der Waals surface area contributed by atoms with E-state index in [1.165, 1.54) is 4.90 Å². The first-order chi connectivity index (χ1) is 11.3. The third-order valence-electron chi connectivity index (χ3n) is 4.60. The first-order valence-corrected chi connectivity index (χ1v) is 8.15. The second-order valence-electron chi connectivity index (χ2n) is 6.61. The zero-order chi connectivity index (χ0) is 17.9. The third-order valence-corrected chi connectivity index (χ3v) is 4.60. The molecule has 2 amide bonds. The van der Waals surface area contributed by atoms with E-state index in [0.29, 0.717) is 36.9 Å². The van der Waals surface area contributed by atoms with Gasteiger partial charge in [-0.25, -0.2) is 0 Å². The van der Waals surface area contributed by atoms with Gasteiger partial charge >= 0.3 is 5.97 Å². The van der Waals surface area contributed by atoms with E-state index in [-0.39, 0.29) is 23.7 Å². The molecule has 130 valence electrons. The Labute approximate surface area is 141 Å². The van der Waals surface area contributed by atoms with Crippen molar-refractivity contribution in [3.8, 4) is 0 Å². The lowest BCUT2D eigenvalue weighted by Crippen LogP contribution is -2.30. The van der Waals surface area contributed by atoms with E-state index in [1.54, 1.807) is 26.2 Å². The molecule has 1 aliphatic rings. The van der Waals surface area contributed by atoms with Crippen molar-refractivity contribution in [3.63, 3.8) is 0 Å². The molecule has 1 aliphatic carbocycles. The van der Waals surface area contributed by atoms with Crippen LogP contribution in [-0.4, -0.2) is 41.9 Å². The molecular formula is C18H24N2O4. The van der Waals surface area contributed by atoms with Gasteiger partial charge in [0.1, 0.15) is 0 Å². The first-order valence-electron chi connectivity index (χ1n) is 8.15. The van der Waals surface area contributed by atoms with E-state index in [1.807, 2.05) is 13.0 Å². The summed E-state index contributed by atoms with van der Waals surface area (Å²) in [5.41, 5.74) is 2.04. The van der Waals surface area contributed by atoms with Crippen molar-refractivity contribution in [2.45, 2.75) is 32.6 Å². The molecule has 0 spiro atoms. The van der Waals surface area contributed by atoms with E-state index in [2.05, 4.69) is 5.32 Å². The van der Waals surface area contributed by atoms with Crippen molar-refractivity contribution < 1.29 is 19.5 Å². The van der Waals surface area contributed by atoms with Crippen LogP contribution in [0.15, 0.2) is 18.2 Å². The molecule has 2 N–H and O–H groups in total. The van der Waals surface area contributed by atoms with Gasteiger partial charge in [0.15, 0.2) is 0 Å². The molecule has 0 unspecified atom stereocenters. The summed E-state index contributed by atoms with van der Waals surface area (Å²) in [6.45, 7) is 1.88. The summed E-state index contributed by atoms with van der Waals surface area (Å²) < 4.78 is 0. The van der Waals surface area contributed by atoms with Crippen LogP contribution in [0, 0.1) is 18.8 Å². The average molecular weight is 332 g/mol. The van der Waals surface area contributed by atoms with Gasteiger partial charge in [-0.15, -0.1) is 0 Å². The average Bonchev–Trinajstić information content (AvgIpc) is 2.56. The van der Waals surface area contributed by atoms with Crippen molar-refractivity contribution in [1.82, 2.24) is 4.90 Å². The largest absolute Gasteiger partial charge is 0.481 e. The molecule has 1 fully saturated rings. The summed E-state index contributed by atoms with van der Waals surface area (Å²) in [5, 5.41) is 11.9. The first kappa shape index (κ1) is 18.0. The van der Waals surface area contributed by atoms with Gasteiger partial charge in [-0.1, -0.05) is 6.07 Å². The van der Waals surface area contributed by atoms with Crippen molar-refractivity contribution in [2.75, 3.05) is 19.4 Å². The number of hydrogen-bond acceptors (Lipinski definition) is 3. The third kappa shape index (κ3) is 4.13. The number of nitrogens with zero attached hydrogens (tertiary/aromatic N) is 1. The van der Waals surface area contributed by atoms with Crippen molar-refractivity contribution in [1.29, 1.82) is 0 Å². The van der Waals surface area contributed by atoms with Crippen LogP contribution in [0.4, 0.5) is 5.69 Å².